The van der Waals surface area contributed by atoms with Crippen LogP contribution in [0.25, 0.3) is 10.2 Å². The first-order valence-corrected chi connectivity index (χ1v) is 13.3. The maximum atomic E-state index is 13.5. The Kier molecular flexibility index (Phi) is 6.83. The molecule has 0 unspecified atom stereocenters. The molecule has 0 spiro atoms. The number of benzene rings is 2. The number of amides is 1. The number of anilines is 1. The smallest absolute Gasteiger partial charge is 0.280 e. The Morgan fingerprint density at radius 3 is 2.64 bits per heavy atom. The molecular weight excluding hydrogens is 504 g/mol. The number of hydrogen-bond acceptors (Lipinski definition) is 9. The summed E-state index contributed by atoms with van der Waals surface area (Å²) in [5.41, 5.74) is 0.943. The lowest BCUT2D eigenvalue weighted by molar-refractivity contribution is 0.0730. The van der Waals surface area contributed by atoms with E-state index in [1.807, 2.05) is 6.07 Å². The van der Waals surface area contributed by atoms with Crippen molar-refractivity contribution in [1.29, 1.82) is 0 Å². The molecule has 1 amide bonds. The van der Waals surface area contributed by atoms with E-state index in [9.17, 15) is 13.2 Å². The molecule has 3 heterocycles. The van der Waals surface area contributed by atoms with Crippen molar-refractivity contribution in [1.82, 2.24) is 9.29 Å². The van der Waals surface area contributed by atoms with Crippen LogP contribution in [-0.2, 0) is 14.8 Å². The fraction of sp³-hybridized carbons (Fsp3) is 0.208. The predicted molar refractivity (Wildman–Crippen MR) is 135 cm³/mol. The summed E-state index contributed by atoms with van der Waals surface area (Å²) in [5.74, 6) is 0.661. The second-order valence-corrected chi connectivity index (χ2v) is 10.7. The predicted octanol–water partition coefficient (Wildman–Crippen LogP) is 3.60. The lowest BCUT2D eigenvalue weighted by atomic mass is 10.2. The van der Waals surface area contributed by atoms with E-state index in [2.05, 4.69) is 10.1 Å². The van der Waals surface area contributed by atoms with Crippen molar-refractivity contribution in [3.8, 4) is 5.75 Å². The zero-order valence-corrected chi connectivity index (χ0v) is 20.9. The molecule has 0 saturated carbocycles. The molecule has 0 atom stereocenters. The Morgan fingerprint density at radius 2 is 1.94 bits per heavy atom. The number of rotatable bonds is 7. The molecular formula is C24H22N4O6S2. The van der Waals surface area contributed by atoms with Gasteiger partial charge in [-0.05, 0) is 54.6 Å². The van der Waals surface area contributed by atoms with Gasteiger partial charge in [0.15, 0.2) is 0 Å². The minimum Gasteiger partial charge on any atom is -0.497 e. The van der Waals surface area contributed by atoms with Crippen LogP contribution in [0.5, 0.6) is 5.75 Å². The number of sulfonamides is 1. The maximum Gasteiger partial charge on any atom is 0.280 e. The van der Waals surface area contributed by atoms with Crippen LogP contribution in [0, 0.1) is 0 Å². The molecule has 2 aromatic carbocycles. The number of carbonyl (C=O) groups is 1. The number of furan rings is 1. The topological polar surface area (TPSA) is 115 Å². The summed E-state index contributed by atoms with van der Waals surface area (Å²) in [6, 6.07) is 14.6. The van der Waals surface area contributed by atoms with E-state index in [4.69, 9.17) is 13.9 Å². The standard InChI is InChI=1S/C24H22N4O6S2/c1-32-18-6-9-21-22(15-18)35-24(26-21)28(25-16-19-3-2-12-34-19)23(29)17-4-7-20(8-5-17)36(30,31)27-10-13-33-14-11-27/h2-9,12,15-16H,10-11,13-14H2,1H3/b25-16+. The molecule has 1 aliphatic rings. The second-order valence-electron chi connectivity index (χ2n) is 7.75. The van der Waals surface area contributed by atoms with E-state index < -0.39 is 15.9 Å². The van der Waals surface area contributed by atoms with Gasteiger partial charge in [0, 0.05) is 18.7 Å². The molecule has 5 rings (SSSR count). The van der Waals surface area contributed by atoms with Gasteiger partial charge in [-0.3, -0.25) is 4.79 Å². The highest BCUT2D eigenvalue weighted by atomic mass is 32.2. The van der Waals surface area contributed by atoms with Crippen LogP contribution in [0.3, 0.4) is 0 Å². The van der Waals surface area contributed by atoms with Gasteiger partial charge in [0.1, 0.15) is 11.5 Å². The number of hydrogen-bond donors (Lipinski definition) is 0. The van der Waals surface area contributed by atoms with Gasteiger partial charge in [-0.15, -0.1) is 0 Å². The van der Waals surface area contributed by atoms with Crippen LogP contribution in [0.1, 0.15) is 16.1 Å². The monoisotopic (exact) mass is 526 g/mol. The van der Waals surface area contributed by atoms with Gasteiger partial charge in [-0.1, -0.05) is 11.3 Å². The van der Waals surface area contributed by atoms with Crippen LogP contribution < -0.4 is 9.75 Å². The lowest BCUT2D eigenvalue weighted by Gasteiger charge is -2.26. The lowest BCUT2D eigenvalue weighted by Crippen LogP contribution is -2.40. The van der Waals surface area contributed by atoms with Crippen molar-refractivity contribution in [3.05, 3.63) is 72.2 Å². The maximum absolute atomic E-state index is 13.5. The molecule has 0 N–H and O–H groups in total. The Balaban J connectivity index is 1.47. The number of aromatic nitrogens is 1. The zero-order valence-electron chi connectivity index (χ0n) is 19.2. The zero-order chi connectivity index (χ0) is 25.1. The van der Waals surface area contributed by atoms with Crippen molar-refractivity contribution in [2.45, 2.75) is 4.90 Å². The summed E-state index contributed by atoms with van der Waals surface area (Å²) in [4.78, 5) is 18.2. The molecule has 1 saturated heterocycles. The number of fused-ring (bicyclic) bond motifs is 1. The summed E-state index contributed by atoms with van der Waals surface area (Å²) in [6.45, 7) is 1.29. The third kappa shape index (κ3) is 4.88. The van der Waals surface area contributed by atoms with Crippen LogP contribution in [0.2, 0.25) is 0 Å². The average Bonchev–Trinajstić information content (AvgIpc) is 3.59. The van der Waals surface area contributed by atoms with Crippen molar-refractivity contribution in [2.75, 3.05) is 38.4 Å². The minimum absolute atomic E-state index is 0.110. The van der Waals surface area contributed by atoms with Gasteiger partial charge in [0.2, 0.25) is 15.2 Å². The number of methoxy groups -OCH3 is 1. The van der Waals surface area contributed by atoms with Crippen molar-refractivity contribution >= 4 is 48.8 Å². The third-order valence-electron chi connectivity index (χ3n) is 5.51. The van der Waals surface area contributed by atoms with E-state index in [0.717, 1.165) is 4.70 Å². The van der Waals surface area contributed by atoms with Gasteiger partial charge >= 0.3 is 0 Å². The number of carbonyl (C=O) groups excluding carboxylic acids is 1. The fourth-order valence-corrected chi connectivity index (χ4v) is 5.96. The molecule has 4 aromatic rings. The quantitative estimate of drug-likeness (QED) is 0.267. The molecule has 36 heavy (non-hydrogen) atoms. The number of nitrogens with zero attached hydrogens (tertiary/aromatic N) is 4. The Labute approximate surface area is 211 Å². The molecule has 186 valence electrons. The highest BCUT2D eigenvalue weighted by molar-refractivity contribution is 7.89. The summed E-state index contributed by atoms with van der Waals surface area (Å²) in [5, 5.41) is 5.85. The number of ether oxygens (including phenoxy) is 2. The molecule has 1 aliphatic heterocycles. The van der Waals surface area contributed by atoms with Crippen LogP contribution >= 0.6 is 11.3 Å². The molecule has 0 bridgehead atoms. The van der Waals surface area contributed by atoms with Gasteiger partial charge in [-0.25, -0.2) is 13.4 Å². The van der Waals surface area contributed by atoms with Crippen molar-refractivity contribution in [2.24, 2.45) is 5.10 Å². The summed E-state index contributed by atoms with van der Waals surface area (Å²) in [6.07, 6.45) is 2.92. The van der Waals surface area contributed by atoms with Gasteiger partial charge in [-0.2, -0.15) is 14.4 Å². The van der Waals surface area contributed by atoms with E-state index in [1.165, 1.54) is 57.4 Å². The summed E-state index contributed by atoms with van der Waals surface area (Å²) >= 11 is 1.28. The van der Waals surface area contributed by atoms with Crippen LogP contribution in [-0.4, -0.2) is 63.2 Å². The molecule has 12 heteroatoms. The average molecular weight is 527 g/mol. The van der Waals surface area contributed by atoms with Crippen LogP contribution in [0.15, 0.2) is 75.3 Å². The van der Waals surface area contributed by atoms with Crippen LogP contribution in [0.4, 0.5) is 5.13 Å². The molecule has 10 nitrogen and oxygen atoms in total. The Hall–Kier alpha value is -3.58. The molecule has 2 aromatic heterocycles. The molecule has 0 radical (unpaired) electrons. The van der Waals surface area contributed by atoms with E-state index in [0.29, 0.717) is 48.5 Å². The molecule has 0 aliphatic carbocycles. The van der Waals surface area contributed by atoms with Gasteiger partial charge in [0.05, 0.1) is 47.9 Å². The third-order valence-corrected chi connectivity index (χ3v) is 8.42. The fourth-order valence-electron chi connectivity index (χ4n) is 3.61. The first-order chi connectivity index (χ1) is 17.5. The largest absolute Gasteiger partial charge is 0.497 e. The van der Waals surface area contributed by atoms with Crippen molar-refractivity contribution in [3.63, 3.8) is 0 Å². The van der Waals surface area contributed by atoms with E-state index in [-0.39, 0.29) is 10.5 Å². The normalized spacial score (nSPS) is 14.9. The SMILES string of the molecule is COc1ccc2nc(N(/N=C/c3ccco3)C(=O)c3ccc(S(=O)(=O)N4CCOCC4)cc3)sc2c1. The van der Waals surface area contributed by atoms with E-state index in [1.54, 1.807) is 31.4 Å². The van der Waals surface area contributed by atoms with Crippen molar-refractivity contribution < 1.29 is 27.1 Å². The minimum atomic E-state index is -3.68. The first-order valence-electron chi connectivity index (χ1n) is 11.0. The highest BCUT2D eigenvalue weighted by Gasteiger charge is 2.27. The Morgan fingerprint density at radius 1 is 1.17 bits per heavy atom. The number of hydrazone groups is 1. The van der Waals surface area contributed by atoms with E-state index >= 15 is 0 Å². The second kappa shape index (κ2) is 10.2. The number of thiazole rings is 1. The first kappa shape index (κ1) is 24.1. The van der Waals surface area contributed by atoms with Gasteiger partial charge < -0.3 is 13.9 Å². The number of morpholine rings is 1. The Bertz CT molecular complexity index is 1490. The van der Waals surface area contributed by atoms with Gasteiger partial charge in [0.25, 0.3) is 5.91 Å². The summed E-state index contributed by atoms with van der Waals surface area (Å²) in [7, 11) is -2.10. The molecule has 1 fully saturated rings. The highest BCUT2D eigenvalue weighted by Crippen LogP contribution is 2.32. The summed E-state index contributed by atoms with van der Waals surface area (Å²) < 4.78 is 43.9.